The second kappa shape index (κ2) is 7.83. The summed E-state index contributed by atoms with van der Waals surface area (Å²) in [6.07, 6.45) is 9.19. The molecule has 1 aliphatic carbocycles. The summed E-state index contributed by atoms with van der Waals surface area (Å²) in [4.78, 5) is 13.7. The van der Waals surface area contributed by atoms with Crippen LogP contribution in [0.1, 0.15) is 51.9 Å². The molecule has 0 aromatic heterocycles. The van der Waals surface area contributed by atoms with Crippen LogP contribution in [0.25, 0.3) is 0 Å². The third-order valence-electron chi connectivity index (χ3n) is 3.88. The van der Waals surface area contributed by atoms with Gasteiger partial charge >= 0.3 is 0 Å². The van der Waals surface area contributed by atoms with E-state index >= 15 is 0 Å². The second-order valence-electron chi connectivity index (χ2n) is 5.39. The van der Waals surface area contributed by atoms with Crippen LogP contribution in [0.5, 0.6) is 0 Å². The molecule has 17 heavy (non-hydrogen) atoms. The molecule has 0 saturated heterocycles. The van der Waals surface area contributed by atoms with Gasteiger partial charge in [-0.25, -0.2) is 0 Å². The fourth-order valence-electron chi connectivity index (χ4n) is 2.81. The van der Waals surface area contributed by atoms with E-state index in [1.807, 2.05) is 0 Å². The number of aldehydes is 1. The average molecular weight is 241 g/mol. The molecule has 1 aliphatic rings. The Labute approximate surface area is 105 Å². The summed E-state index contributed by atoms with van der Waals surface area (Å²) in [5, 5.41) is 9.09. The summed E-state index contributed by atoms with van der Waals surface area (Å²) in [7, 11) is 0. The van der Waals surface area contributed by atoms with Crippen molar-refractivity contribution in [1.82, 2.24) is 4.90 Å². The molecule has 1 rings (SSSR count). The Hall–Kier alpha value is -0.410. The molecule has 1 fully saturated rings. The molecule has 0 heterocycles. The molecule has 0 aromatic rings. The minimum Gasteiger partial charge on any atom is -0.395 e. The Morgan fingerprint density at radius 2 is 1.94 bits per heavy atom. The lowest BCUT2D eigenvalue weighted by molar-refractivity contribution is -0.119. The van der Waals surface area contributed by atoms with Crippen LogP contribution in [-0.4, -0.2) is 42.5 Å². The lowest BCUT2D eigenvalue weighted by Crippen LogP contribution is -2.42. The lowest BCUT2D eigenvalue weighted by atomic mass is 9.75. The summed E-state index contributed by atoms with van der Waals surface area (Å²) in [5.41, 5.74) is -0.124. The summed E-state index contributed by atoms with van der Waals surface area (Å²) < 4.78 is 0. The van der Waals surface area contributed by atoms with Crippen molar-refractivity contribution in [3.63, 3.8) is 0 Å². The fraction of sp³-hybridized carbons (Fsp3) is 0.929. The number of unbranched alkanes of at least 4 members (excludes halogenated alkanes) is 1. The van der Waals surface area contributed by atoms with Crippen LogP contribution in [0, 0.1) is 5.41 Å². The van der Waals surface area contributed by atoms with Crippen LogP contribution in [0.2, 0.25) is 0 Å². The molecule has 100 valence electrons. The van der Waals surface area contributed by atoms with Crippen molar-refractivity contribution in [3.05, 3.63) is 0 Å². The Morgan fingerprint density at radius 3 is 2.47 bits per heavy atom. The van der Waals surface area contributed by atoms with E-state index in [2.05, 4.69) is 11.8 Å². The van der Waals surface area contributed by atoms with E-state index in [-0.39, 0.29) is 12.0 Å². The van der Waals surface area contributed by atoms with Gasteiger partial charge < -0.3 is 14.8 Å². The van der Waals surface area contributed by atoms with Gasteiger partial charge in [0.05, 0.1) is 6.61 Å². The minimum atomic E-state index is -0.124. The zero-order chi connectivity index (χ0) is 12.6. The molecule has 1 N–H and O–H groups in total. The third kappa shape index (κ3) is 4.76. The van der Waals surface area contributed by atoms with Crippen molar-refractivity contribution in [3.8, 4) is 0 Å². The van der Waals surface area contributed by atoms with Crippen molar-refractivity contribution in [2.24, 2.45) is 5.41 Å². The first-order valence-corrected chi connectivity index (χ1v) is 7.06. The van der Waals surface area contributed by atoms with E-state index in [1.165, 1.54) is 25.5 Å². The number of rotatable bonds is 8. The van der Waals surface area contributed by atoms with Gasteiger partial charge in [-0.15, -0.1) is 0 Å². The zero-order valence-electron chi connectivity index (χ0n) is 11.2. The number of aliphatic hydroxyl groups excluding tert-OH is 1. The van der Waals surface area contributed by atoms with Gasteiger partial charge in [0.1, 0.15) is 6.29 Å². The van der Waals surface area contributed by atoms with Crippen LogP contribution in [-0.2, 0) is 4.79 Å². The van der Waals surface area contributed by atoms with E-state index in [0.29, 0.717) is 6.54 Å². The first-order chi connectivity index (χ1) is 8.26. The molecule has 0 amide bonds. The summed E-state index contributed by atoms with van der Waals surface area (Å²) in [6.45, 7) is 4.92. The molecule has 0 atom stereocenters. The first-order valence-electron chi connectivity index (χ1n) is 7.06. The highest BCUT2D eigenvalue weighted by Crippen LogP contribution is 2.35. The van der Waals surface area contributed by atoms with E-state index in [1.54, 1.807) is 0 Å². The SMILES string of the molecule is CCCCN(CCO)CC1(C=O)CCCCC1. The Balaban J connectivity index is 2.51. The number of carbonyl (C=O) groups excluding carboxylic acids is 1. The number of carbonyl (C=O) groups is 1. The summed E-state index contributed by atoms with van der Waals surface area (Å²) >= 11 is 0. The van der Waals surface area contributed by atoms with Crippen molar-refractivity contribution in [2.45, 2.75) is 51.9 Å². The Bertz CT molecular complexity index is 212. The standard InChI is InChI=1S/C14H27NO2/c1-2-3-9-15(10-11-16)12-14(13-17)7-5-4-6-8-14/h13,16H,2-12H2,1H3. The molecule has 0 bridgehead atoms. The lowest BCUT2D eigenvalue weighted by Gasteiger charge is -2.36. The predicted octanol–water partition coefficient (Wildman–Crippen LogP) is 2.23. The van der Waals surface area contributed by atoms with E-state index < -0.39 is 0 Å². The van der Waals surface area contributed by atoms with Crippen LogP contribution in [0.3, 0.4) is 0 Å². The van der Waals surface area contributed by atoms with Crippen LogP contribution < -0.4 is 0 Å². The molecular weight excluding hydrogens is 214 g/mol. The number of aliphatic hydroxyl groups is 1. The maximum atomic E-state index is 11.4. The van der Waals surface area contributed by atoms with E-state index in [4.69, 9.17) is 5.11 Å². The maximum absolute atomic E-state index is 11.4. The topological polar surface area (TPSA) is 40.5 Å². The van der Waals surface area contributed by atoms with Gasteiger partial charge in [-0.1, -0.05) is 32.6 Å². The van der Waals surface area contributed by atoms with Gasteiger partial charge in [0, 0.05) is 18.5 Å². The summed E-state index contributed by atoms with van der Waals surface area (Å²) in [5.74, 6) is 0. The van der Waals surface area contributed by atoms with Crippen molar-refractivity contribution >= 4 is 6.29 Å². The second-order valence-corrected chi connectivity index (χ2v) is 5.39. The van der Waals surface area contributed by atoms with E-state index in [9.17, 15) is 4.79 Å². The molecule has 3 heteroatoms. The van der Waals surface area contributed by atoms with Crippen LogP contribution in [0.15, 0.2) is 0 Å². The number of hydrogen-bond donors (Lipinski definition) is 1. The van der Waals surface area contributed by atoms with Crippen molar-refractivity contribution in [1.29, 1.82) is 0 Å². The zero-order valence-corrected chi connectivity index (χ0v) is 11.2. The highest BCUT2D eigenvalue weighted by Gasteiger charge is 2.33. The van der Waals surface area contributed by atoms with Gasteiger partial charge in [-0.3, -0.25) is 0 Å². The maximum Gasteiger partial charge on any atom is 0.127 e. The third-order valence-corrected chi connectivity index (χ3v) is 3.88. The highest BCUT2D eigenvalue weighted by molar-refractivity contribution is 5.60. The minimum absolute atomic E-state index is 0.124. The number of nitrogens with zero attached hydrogens (tertiary/aromatic N) is 1. The smallest absolute Gasteiger partial charge is 0.127 e. The predicted molar refractivity (Wildman–Crippen MR) is 70.0 cm³/mol. The van der Waals surface area contributed by atoms with Crippen molar-refractivity contribution in [2.75, 3.05) is 26.2 Å². The highest BCUT2D eigenvalue weighted by atomic mass is 16.3. The Kier molecular flexibility index (Phi) is 6.75. The van der Waals surface area contributed by atoms with Gasteiger partial charge in [-0.2, -0.15) is 0 Å². The Morgan fingerprint density at radius 1 is 1.24 bits per heavy atom. The largest absolute Gasteiger partial charge is 0.395 e. The monoisotopic (exact) mass is 241 g/mol. The molecule has 0 unspecified atom stereocenters. The molecule has 0 radical (unpaired) electrons. The molecule has 0 spiro atoms. The van der Waals surface area contributed by atoms with Gasteiger partial charge in [0.15, 0.2) is 0 Å². The molecule has 1 saturated carbocycles. The number of hydrogen-bond acceptors (Lipinski definition) is 3. The fourth-order valence-corrected chi connectivity index (χ4v) is 2.81. The van der Waals surface area contributed by atoms with Crippen LogP contribution in [0.4, 0.5) is 0 Å². The average Bonchev–Trinajstić information content (AvgIpc) is 2.37. The molecule has 0 aliphatic heterocycles. The molecule has 0 aromatic carbocycles. The first kappa shape index (κ1) is 14.7. The molecular formula is C14H27NO2. The normalized spacial score (nSPS) is 19.5. The quantitative estimate of drug-likeness (QED) is 0.663. The van der Waals surface area contributed by atoms with Gasteiger partial charge in [0.25, 0.3) is 0 Å². The van der Waals surface area contributed by atoms with Gasteiger partial charge in [-0.05, 0) is 25.8 Å². The summed E-state index contributed by atoms with van der Waals surface area (Å²) in [6, 6.07) is 0. The van der Waals surface area contributed by atoms with Gasteiger partial charge in [0.2, 0.25) is 0 Å². The molecule has 3 nitrogen and oxygen atoms in total. The van der Waals surface area contributed by atoms with Crippen LogP contribution >= 0.6 is 0 Å². The van der Waals surface area contributed by atoms with E-state index in [0.717, 1.165) is 38.8 Å². The van der Waals surface area contributed by atoms with Crippen molar-refractivity contribution < 1.29 is 9.90 Å².